The molecule has 5 heteroatoms. The topological polar surface area (TPSA) is 64.9 Å². The molecule has 4 atom stereocenters. The number of hydrogen-bond donors (Lipinski definition) is 2. The molecule has 1 aromatic rings. The predicted molar refractivity (Wildman–Crippen MR) is 83.1 cm³/mol. The highest BCUT2D eigenvalue weighted by Crippen LogP contribution is 2.37. The van der Waals surface area contributed by atoms with Crippen molar-refractivity contribution >= 4 is 29.3 Å². The Balaban J connectivity index is 1.94. The zero-order chi connectivity index (χ0) is 13.1. The van der Waals surface area contributed by atoms with Crippen LogP contribution in [-0.4, -0.2) is 32.5 Å². The van der Waals surface area contributed by atoms with Gasteiger partial charge in [0.05, 0.1) is 0 Å². The number of pyridine rings is 1. The molecule has 1 aromatic heterocycles. The second-order valence-corrected chi connectivity index (χ2v) is 7.91. The number of aromatic nitrogens is 1. The van der Waals surface area contributed by atoms with E-state index < -0.39 is 0 Å². The maximum atomic E-state index is 6.34. The van der Waals surface area contributed by atoms with Gasteiger partial charge in [-0.3, -0.25) is 0 Å². The summed E-state index contributed by atoms with van der Waals surface area (Å²) >= 11 is 4.07. The van der Waals surface area contributed by atoms with Gasteiger partial charge in [-0.2, -0.15) is 23.5 Å². The van der Waals surface area contributed by atoms with Crippen molar-refractivity contribution < 1.29 is 0 Å². The van der Waals surface area contributed by atoms with Crippen molar-refractivity contribution in [2.24, 2.45) is 5.73 Å². The Morgan fingerprint density at radius 2 is 2.22 bits per heavy atom. The van der Waals surface area contributed by atoms with Crippen LogP contribution in [0.4, 0.5) is 5.82 Å². The highest BCUT2D eigenvalue weighted by Gasteiger charge is 2.29. The number of thioether (sulfide) groups is 2. The van der Waals surface area contributed by atoms with Crippen LogP contribution in [0.25, 0.3) is 0 Å². The number of rotatable bonds is 3. The highest BCUT2D eigenvalue weighted by atomic mass is 32.2. The Morgan fingerprint density at radius 1 is 1.44 bits per heavy atom. The minimum atomic E-state index is 0.194. The predicted octanol–water partition coefficient (Wildman–Crippen LogP) is 2.16. The first kappa shape index (κ1) is 14.0. The summed E-state index contributed by atoms with van der Waals surface area (Å²) in [5, 5.41) is 1.95. The Hall–Kier alpha value is -0.390. The second-order valence-electron chi connectivity index (χ2n) is 4.88. The highest BCUT2D eigenvalue weighted by molar-refractivity contribution is 8.07. The summed E-state index contributed by atoms with van der Waals surface area (Å²) < 4.78 is 0. The molecule has 18 heavy (non-hydrogen) atoms. The third-order valence-electron chi connectivity index (χ3n) is 3.37. The van der Waals surface area contributed by atoms with Crippen molar-refractivity contribution in [3.8, 4) is 0 Å². The van der Waals surface area contributed by atoms with Crippen LogP contribution < -0.4 is 11.5 Å². The fourth-order valence-electron chi connectivity index (χ4n) is 2.06. The smallest absolute Gasteiger partial charge is 0.123 e. The zero-order valence-corrected chi connectivity index (χ0v) is 12.5. The summed E-state index contributed by atoms with van der Waals surface area (Å²) in [7, 11) is 0. The fraction of sp³-hybridized carbons (Fsp3) is 0.615. The first-order valence-corrected chi connectivity index (χ1v) is 8.28. The number of nitrogens with zero attached hydrogens (tertiary/aromatic N) is 1. The summed E-state index contributed by atoms with van der Waals surface area (Å²) in [6, 6.07) is 4.12. The van der Waals surface area contributed by atoms with Crippen molar-refractivity contribution in [1.82, 2.24) is 4.98 Å². The summed E-state index contributed by atoms with van der Waals surface area (Å²) in [6.45, 7) is 4.60. The normalized spacial score (nSPS) is 30.1. The number of anilines is 1. The van der Waals surface area contributed by atoms with E-state index in [1.165, 1.54) is 5.56 Å². The van der Waals surface area contributed by atoms with Gasteiger partial charge >= 0.3 is 0 Å². The molecule has 3 nitrogen and oxygen atoms in total. The van der Waals surface area contributed by atoms with Crippen molar-refractivity contribution in [3.63, 3.8) is 0 Å². The van der Waals surface area contributed by atoms with E-state index in [0.717, 1.165) is 17.4 Å². The van der Waals surface area contributed by atoms with Crippen LogP contribution in [-0.2, 0) is 6.42 Å². The van der Waals surface area contributed by atoms with Crippen LogP contribution >= 0.6 is 23.5 Å². The minimum absolute atomic E-state index is 0.194. The van der Waals surface area contributed by atoms with Gasteiger partial charge in [0.1, 0.15) is 5.82 Å². The molecule has 0 amide bonds. The molecular formula is C13H21N3S2. The molecule has 0 aliphatic carbocycles. The maximum absolute atomic E-state index is 6.34. The summed E-state index contributed by atoms with van der Waals surface area (Å²) in [5.41, 5.74) is 13.2. The van der Waals surface area contributed by atoms with E-state index in [9.17, 15) is 0 Å². The van der Waals surface area contributed by atoms with Crippen LogP contribution in [0, 0.1) is 0 Å². The molecule has 0 spiro atoms. The summed E-state index contributed by atoms with van der Waals surface area (Å²) in [4.78, 5) is 4.01. The molecule has 2 heterocycles. The Bertz CT molecular complexity index is 400. The van der Waals surface area contributed by atoms with Gasteiger partial charge < -0.3 is 11.5 Å². The van der Waals surface area contributed by atoms with Crippen molar-refractivity contribution in [3.05, 3.63) is 23.9 Å². The maximum Gasteiger partial charge on any atom is 0.123 e. The molecule has 1 fully saturated rings. The molecule has 2 rings (SSSR count). The quantitative estimate of drug-likeness (QED) is 0.890. The molecule has 0 radical (unpaired) electrons. The van der Waals surface area contributed by atoms with Crippen molar-refractivity contribution in [1.29, 1.82) is 0 Å². The number of nitrogen functional groups attached to an aromatic ring is 1. The van der Waals surface area contributed by atoms with Crippen LogP contribution in [0.5, 0.6) is 0 Å². The second kappa shape index (κ2) is 6.17. The summed E-state index contributed by atoms with van der Waals surface area (Å²) in [5.74, 6) is 1.73. The molecule has 0 bridgehead atoms. The van der Waals surface area contributed by atoms with E-state index in [1.807, 2.05) is 35.7 Å². The van der Waals surface area contributed by atoms with E-state index >= 15 is 0 Å². The van der Waals surface area contributed by atoms with Crippen LogP contribution in [0.15, 0.2) is 18.3 Å². The van der Waals surface area contributed by atoms with Crippen LogP contribution in [0.3, 0.4) is 0 Å². The number of hydrogen-bond acceptors (Lipinski definition) is 5. The van der Waals surface area contributed by atoms with Gasteiger partial charge in [0.15, 0.2) is 0 Å². The molecule has 1 aliphatic heterocycles. The van der Waals surface area contributed by atoms with Crippen LogP contribution in [0.2, 0.25) is 0 Å². The lowest BCUT2D eigenvalue weighted by atomic mass is 10.1. The van der Waals surface area contributed by atoms with Gasteiger partial charge in [-0.15, -0.1) is 0 Å². The lowest BCUT2D eigenvalue weighted by Crippen LogP contribution is -2.41. The fourth-order valence-corrected chi connectivity index (χ4v) is 5.12. The van der Waals surface area contributed by atoms with E-state index in [2.05, 4.69) is 18.8 Å². The van der Waals surface area contributed by atoms with E-state index in [0.29, 0.717) is 16.3 Å². The van der Waals surface area contributed by atoms with Gasteiger partial charge in [-0.1, -0.05) is 13.8 Å². The van der Waals surface area contributed by atoms with Gasteiger partial charge in [0.2, 0.25) is 0 Å². The average molecular weight is 283 g/mol. The first-order valence-electron chi connectivity index (χ1n) is 6.29. The molecule has 1 saturated heterocycles. The standard InChI is InChI=1S/C13H21N3S2/c1-8-9(2)18-12(7-17-8)11(14)5-10-3-4-16-13(15)6-10/h3-4,6,8-9,11-12H,5,7,14H2,1-2H3,(H2,15,16). The lowest BCUT2D eigenvalue weighted by Gasteiger charge is -2.34. The van der Waals surface area contributed by atoms with Crippen LogP contribution in [0.1, 0.15) is 19.4 Å². The molecular weight excluding hydrogens is 262 g/mol. The monoisotopic (exact) mass is 283 g/mol. The third kappa shape index (κ3) is 3.56. The van der Waals surface area contributed by atoms with Gasteiger partial charge in [-0.05, 0) is 24.1 Å². The largest absolute Gasteiger partial charge is 0.384 e. The Kier molecular flexibility index (Phi) is 4.81. The van der Waals surface area contributed by atoms with Gasteiger partial charge in [0, 0.05) is 33.7 Å². The van der Waals surface area contributed by atoms with E-state index in [4.69, 9.17) is 11.5 Å². The molecule has 4 N–H and O–H groups in total. The summed E-state index contributed by atoms with van der Waals surface area (Å²) in [6.07, 6.45) is 2.64. The molecule has 100 valence electrons. The lowest BCUT2D eigenvalue weighted by molar-refractivity contribution is 0.656. The molecule has 4 unspecified atom stereocenters. The first-order chi connectivity index (χ1) is 8.56. The van der Waals surface area contributed by atoms with E-state index in [-0.39, 0.29) is 6.04 Å². The number of nitrogens with two attached hydrogens (primary N) is 2. The average Bonchev–Trinajstić information content (AvgIpc) is 2.32. The Morgan fingerprint density at radius 3 is 2.89 bits per heavy atom. The van der Waals surface area contributed by atoms with Gasteiger partial charge in [-0.25, -0.2) is 4.98 Å². The molecule has 0 saturated carbocycles. The molecule has 0 aromatic carbocycles. The van der Waals surface area contributed by atoms with Crippen molar-refractivity contribution in [2.75, 3.05) is 11.5 Å². The van der Waals surface area contributed by atoms with E-state index in [1.54, 1.807) is 6.20 Å². The Labute approximate surface area is 117 Å². The molecule has 1 aliphatic rings. The SMILES string of the molecule is CC1SCC(C(N)Cc2ccnc(N)c2)SC1C. The van der Waals surface area contributed by atoms with Crippen molar-refractivity contribution in [2.45, 2.75) is 42.1 Å². The zero-order valence-electron chi connectivity index (χ0n) is 10.9. The van der Waals surface area contributed by atoms with Gasteiger partial charge in [0.25, 0.3) is 0 Å². The third-order valence-corrected chi connectivity index (χ3v) is 6.94. The minimum Gasteiger partial charge on any atom is -0.384 e.